The minimum absolute atomic E-state index is 0.0363. The van der Waals surface area contributed by atoms with Crippen molar-refractivity contribution < 1.29 is 19.4 Å². The van der Waals surface area contributed by atoms with Crippen molar-refractivity contribution >= 4 is 17.7 Å². The maximum atomic E-state index is 12.6. The molecule has 1 N–H and O–H groups in total. The van der Waals surface area contributed by atoms with E-state index in [0.717, 1.165) is 0 Å². The van der Waals surface area contributed by atoms with Gasteiger partial charge in [0.2, 0.25) is 0 Å². The van der Waals surface area contributed by atoms with Crippen molar-refractivity contribution in [1.82, 2.24) is 9.88 Å². The van der Waals surface area contributed by atoms with Crippen LogP contribution in [0.25, 0.3) is 0 Å². The first-order chi connectivity index (χ1) is 12.1. The number of carboxylic acids is 1. The predicted molar refractivity (Wildman–Crippen MR) is 92.3 cm³/mol. The van der Waals surface area contributed by atoms with Crippen LogP contribution in [0.15, 0.2) is 42.6 Å². The van der Waals surface area contributed by atoms with Crippen molar-refractivity contribution in [3.63, 3.8) is 0 Å². The van der Waals surface area contributed by atoms with E-state index in [-0.39, 0.29) is 11.5 Å². The summed E-state index contributed by atoms with van der Waals surface area (Å²) in [6.45, 7) is 2.31. The summed E-state index contributed by atoms with van der Waals surface area (Å²) >= 11 is 0. The summed E-state index contributed by atoms with van der Waals surface area (Å²) in [6.07, 6.45) is 1.49. The molecule has 1 aliphatic rings. The number of ether oxygens (including phenoxy) is 1. The van der Waals surface area contributed by atoms with E-state index in [4.69, 9.17) is 9.84 Å². The molecular formula is C18H19N3O4. The van der Waals surface area contributed by atoms with Gasteiger partial charge in [-0.3, -0.25) is 4.79 Å². The van der Waals surface area contributed by atoms with Crippen molar-refractivity contribution in [2.75, 3.05) is 38.2 Å². The summed E-state index contributed by atoms with van der Waals surface area (Å²) in [4.78, 5) is 31.7. The van der Waals surface area contributed by atoms with Crippen LogP contribution in [0.3, 0.4) is 0 Å². The first-order valence-corrected chi connectivity index (χ1v) is 7.96. The molecule has 0 bridgehead atoms. The van der Waals surface area contributed by atoms with E-state index < -0.39 is 5.97 Å². The average Bonchev–Trinajstić information content (AvgIpc) is 2.67. The van der Waals surface area contributed by atoms with Gasteiger partial charge in [0.25, 0.3) is 5.91 Å². The number of hydrogen-bond donors (Lipinski definition) is 1. The summed E-state index contributed by atoms with van der Waals surface area (Å²) in [6, 6.07) is 10.1. The number of pyridine rings is 1. The Balaban J connectivity index is 1.66. The molecule has 1 amide bonds. The zero-order valence-corrected chi connectivity index (χ0v) is 13.9. The van der Waals surface area contributed by atoms with E-state index in [9.17, 15) is 9.59 Å². The van der Waals surface area contributed by atoms with Crippen LogP contribution >= 0.6 is 0 Å². The molecule has 130 valence electrons. The standard InChI is InChI=1S/C18H19N3O4/c1-25-15-4-2-3-13(11-15)17(22)21-9-7-20(8-10-21)16-12-14(18(23)24)5-6-19-16/h2-6,11-12H,7-10H2,1H3,(H,23,24). The van der Waals surface area contributed by atoms with E-state index in [1.165, 1.54) is 12.3 Å². The number of aromatic carboxylic acids is 1. The second-order valence-electron chi connectivity index (χ2n) is 5.72. The molecule has 2 heterocycles. The smallest absolute Gasteiger partial charge is 0.335 e. The van der Waals surface area contributed by atoms with Crippen LogP contribution in [0.4, 0.5) is 5.82 Å². The second-order valence-corrected chi connectivity index (χ2v) is 5.72. The van der Waals surface area contributed by atoms with Crippen LogP contribution in [0.2, 0.25) is 0 Å². The highest BCUT2D eigenvalue weighted by Gasteiger charge is 2.23. The third-order valence-corrected chi connectivity index (χ3v) is 4.20. The van der Waals surface area contributed by atoms with Gasteiger partial charge in [0.05, 0.1) is 12.7 Å². The van der Waals surface area contributed by atoms with Gasteiger partial charge in [0, 0.05) is 37.9 Å². The molecule has 0 spiro atoms. The molecule has 25 heavy (non-hydrogen) atoms. The molecule has 7 nitrogen and oxygen atoms in total. The molecule has 3 rings (SSSR count). The quantitative estimate of drug-likeness (QED) is 0.912. The number of nitrogens with zero attached hydrogens (tertiary/aromatic N) is 3. The lowest BCUT2D eigenvalue weighted by Gasteiger charge is -2.35. The predicted octanol–water partition coefficient (Wildman–Crippen LogP) is 1.75. The Bertz CT molecular complexity index is 785. The van der Waals surface area contributed by atoms with E-state index in [0.29, 0.717) is 43.3 Å². The van der Waals surface area contributed by atoms with Crippen molar-refractivity contribution in [3.8, 4) is 5.75 Å². The molecule has 1 aromatic carbocycles. The maximum absolute atomic E-state index is 12.6. The number of carboxylic acid groups (broad SMARTS) is 1. The molecule has 1 aromatic heterocycles. The Morgan fingerprint density at radius 3 is 2.52 bits per heavy atom. The number of carbonyl (C=O) groups excluding carboxylic acids is 1. The third-order valence-electron chi connectivity index (χ3n) is 4.20. The molecule has 0 unspecified atom stereocenters. The first kappa shape index (κ1) is 16.8. The molecule has 0 radical (unpaired) electrons. The minimum Gasteiger partial charge on any atom is -0.497 e. The van der Waals surface area contributed by atoms with Gasteiger partial charge in [-0.25, -0.2) is 9.78 Å². The summed E-state index contributed by atoms with van der Waals surface area (Å²) in [5, 5.41) is 9.08. The highest BCUT2D eigenvalue weighted by Crippen LogP contribution is 2.18. The molecular weight excluding hydrogens is 322 g/mol. The zero-order chi connectivity index (χ0) is 17.8. The van der Waals surface area contributed by atoms with Gasteiger partial charge in [0.15, 0.2) is 0 Å². The molecule has 0 atom stereocenters. The first-order valence-electron chi connectivity index (χ1n) is 7.96. The normalized spacial score (nSPS) is 14.3. The Hall–Kier alpha value is -3.09. The highest BCUT2D eigenvalue weighted by molar-refractivity contribution is 5.94. The maximum Gasteiger partial charge on any atom is 0.335 e. The van der Waals surface area contributed by atoms with Crippen LogP contribution in [0.5, 0.6) is 5.75 Å². The third kappa shape index (κ3) is 3.71. The minimum atomic E-state index is -0.976. The van der Waals surface area contributed by atoms with Crippen LogP contribution < -0.4 is 9.64 Å². The van der Waals surface area contributed by atoms with Crippen molar-refractivity contribution in [2.45, 2.75) is 0 Å². The molecule has 1 fully saturated rings. The molecule has 0 aliphatic carbocycles. The summed E-state index contributed by atoms with van der Waals surface area (Å²) in [7, 11) is 1.57. The van der Waals surface area contributed by atoms with Crippen LogP contribution in [0, 0.1) is 0 Å². The van der Waals surface area contributed by atoms with Gasteiger partial charge in [-0.05, 0) is 30.3 Å². The number of hydrogen-bond acceptors (Lipinski definition) is 5. The largest absolute Gasteiger partial charge is 0.497 e. The van der Waals surface area contributed by atoms with Crippen LogP contribution in [0.1, 0.15) is 20.7 Å². The average molecular weight is 341 g/mol. The number of rotatable bonds is 4. The Kier molecular flexibility index (Phi) is 4.83. The number of amides is 1. The monoisotopic (exact) mass is 341 g/mol. The number of carbonyl (C=O) groups is 2. The van der Waals surface area contributed by atoms with Crippen molar-refractivity contribution in [3.05, 3.63) is 53.7 Å². The lowest BCUT2D eigenvalue weighted by molar-refractivity contribution is 0.0696. The highest BCUT2D eigenvalue weighted by atomic mass is 16.5. The molecule has 7 heteroatoms. The van der Waals surface area contributed by atoms with E-state index in [2.05, 4.69) is 4.98 Å². The lowest BCUT2D eigenvalue weighted by atomic mass is 10.1. The summed E-state index contributed by atoms with van der Waals surface area (Å²) in [5.74, 6) is 0.258. The number of anilines is 1. The van der Waals surface area contributed by atoms with Gasteiger partial charge in [-0.15, -0.1) is 0 Å². The van der Waals surface area contributed by atoms with Crippen LogP contribution in [-0.2, 0) is 0 Å². The van der Waals surface area contributed by atoms with Gasteiger partial charge >= 0.3 is 5.97 Å². The van der Waals surface area contributed by atoms with E-state index in [1.807, 2.05) is 4.90 Å². The lowest BCUT2D eigenvalue weighted by Crippen LogP contribution is -2.49. The van der Waals surface area contributed by atoms with E-state index >= 15 is 0 Å². The fourth-order valence-electron chi connectivity index (χ4n) is 2.80. The van der Waals surface area contributed by atoms with Gasteiger partial charge in [-0.1, -0.05) is 6.07 Å². The Morgan fingerprint density at radius 1 is 1.08 bits per heavy atom. The zero-order valence-electron chi connectivity index (χ0n) is 13.9. The summed E-state index contributed by atoms with van der Waals surface area (Å²) < 4.78 is 5.16. The van der Waals surface area contributed by atoms with Gasteiger partial charge in [-0.2, -0.15) is 0 Å². The molecule has 0 saturated carbocycles. The Labute approximate surface area is 145 Å². The topological polar surface area (TPSA) is 83.0 Å². The number of benzene rings is 1. The number of piperazine rings is 1. The molecule has 1 saturated heterocycles. The van der Waals surface area contributed by atoms with Gasteiger partial charge in [0.1, 0.15) is 11.6 Å². The molecule has 2 aromatic rings. The Morgan fingerprint density at radius 2 is 1.84 bits per heavy atom. The fourth-order valence-corrected chi connectivity index (χ4v) is 2.80. The van der Waals surface area contributed by atoms with Crippen molar-refractivity contribution in [2.24, 2.45) is 0 Å². The van der Waals surface area contributed by atoms with E-state index in [1.54, 1.807) is 42.3 Å². The summed E-state index contributed by atoms with van der Waals surface area (Å²) in [5.41, 5.74) is 0.804. The number of methoxy groups -OCH3 is 1. The SMILES string of the molecule is COc1cccc(C(=O)N2CCN(c3cc(C(=O)O)ccn3)CC2)c1. The fraction of sp³-hybridized carbons (Fsp3) is 0.278. The van der Waals surface area contributed by atoms with Gasteiger partial charge < -0.3 is 19.6 Å². The second kappa shape index (κ2) is 7.21. The van der Waals surface area contributed by atoms with Crippen LogP contribution in [-0.4, -0.2) is 60.2 Å². The van der Waals surface area contributed by atoms with Crippen molar-refractivity contribution in [1.29, 1.82) is 0 Å². The number of aromatic nitrogens is 1. The molecule has 1 aliphatic heterocycles.